The van der Waals surface area contributed by atoms with Gasteiger partial charge >= 0.3 is 0 Å². The summed E-state index contributed by atoms with van der Waals surface area (Å²) >= 11 is 5.80. The molecule has 7 heteroatoms. The second-order valence-corrected chi connectivity index (χ2v) is 4.92. The van der Waals surface area contributed by atoms with Gasteiger partial charge in [-0.05, 0) is 25.5 Å². The fourth-order valence-corrected chi connectivity index (χ4v) is 1.66. The Bertz CT molecular complexity index is 517. The van der Waals surface area contributed by atoms with E-state index in [2.05, 4.69) is 5.32 Å². The van der Waals surface area contributed by atoms with Gasteiger partial charge in [0.25, 0.3) is 5.69 Å². The average molecular weight is 286 g/mol. The number of nitrogens with one attached hydrogen (secondary N) is 1. The van der Waals surface area contributed by atoms with Gasteiger partial charge in [0.1, 0.15) is 5.02 Å². The molecule has 0 aliphatic rings. The van der Waals surface area contributed by atoms with Crippen LogP contribution in [0.1, 0.15) is 19.4 Å². The molecular formula is C12H16ClN3O3. The molecule has 104 valence electrons. The summed E-state index contributed by atoms with van der Waals surface area (Å²) in [7, 11) is 0. The monoisotopic (exact) mass is 285 g/mol. The number of nitro groups is 1. The van der Waals surface area contributed by atoms with Crippen LogP contribution in [0.5, 0.6) is 0 Å². The lowest BCUT2D eigenvalue weighted by Gasteiger charge is -2.16. The van der Waals surface area contributed by atoms with Gasteiger partial charge in [-0.3, -0.25) is 14.9 Å². The van der Waals surface area contributed by atoms with Crippen molar-refractivity contribution in [3.63, 3.8) is 0 Å². The van der Waals surface area contributed by atoms with E-state index in [1.54, 1.807) is 20.8 Å². The molecule has 0 spiro atoms. The van der Waals surface area contributed by atoms with Crippen LogP contribution in [0, 0.1) is 23.0 Å². The molecule has 3 N–H and O–H groups in total. The summed E-state index contributed by atoms with van der Waals surface area (Å²) in [6.07, 6.45) is 0. The van der Waals surface area contributed by atoms with Crippen LogP contribution >= 0.6 is 11.6 Å². The first kappa shape index (κ1) is 15.4. The largest absolute Gasteiger partial charge is 0.327 e. The highest BCUT2D eigenvalue weighted by atomic mass is 35.5. The number of benzene rings is 1. The third-order valence-electron chi connectivity index (χ3n) is 2.95. The molecule has 0 radical (unpaired) electrons. The number of nitrogens with two attached hydrogens (primary N) is 1. The Balaban J connectivity index is 3.01. The first-order chi connectivity index (χ1) is 8.73. The number of aryl methyl sites for hydroxylation is 1. The van der Waals surface area contributed by atoms with Crippen molar-refractivity contribution in [2.24, 2.45) is 11.7 Å². The van der Waals surface area contributed by atoms with Gasteiger partial charge in [-0.2, -0.15) is 0 Å². The average Bonchev–Trinajstić information content (AvgIpc) is 2.31. The van der Waals surface area contributed by atoms with Gasteiger partial charge in [-0.1, -0.05) is 18.5 Å². The Kier molecular flexibility index (Phi) is 4.85. The van der Waals surface area contributed by atoms with Crippen molar-refractivity contribution in [1.29, 1.82) is 0 Å². The van der Waals surface area contributed by atoms with Crippen molar-refractivity contribution < 1.29 is 9.72 Å². The zero-order valence-corrected chi connectivity index (χ0v) is 11.7. The van der Waals surface area contributed by atoms with Crippen molar-refractivity contribution in [3.05, 3.63) is 32.8 Å². The first-order valence-corrected chi connectivity index (χ1v) is 6.12. The van der Waals surface area contributed by atoms with Crippen LogP contribution in [0.3, 0.4) is 0 Å². The van der Waals surface area contributed by atoms with Gasteiger partial charge in [-0.15, -0.1) is 0 Å². The van der Waals surface area contributed by atoms with Crippen molar-refractivity contribution in [1.82, 2.24) is 0 Å². The summed E-state index contributed by atoms with van der Waals surface area (Å²) in [6, 6.07) is 2.42. The molecule has 19 heavy (non-hydrogen) atoms. The number of hydrogen-bond acceptors (Lipinski definition) is 4. The number of amides is 1. The number of carbonyl (C=O) groups excluding carboxylic acids is 1. The van der Waals surface area contributed by atoms with Gasteiger partial charge in [0.05, 0.1) is 10.8 Å². The Morgan fingerprint density at radius 3 is 2.53 bits per heavy atom. The molecule has 0 fully saturated rings. The summed E-state index contributed by atoms with van der Waals surface area (Å²) in [5.41, 5.74) is 6.49. The number of nitro benzene ring substituents is 1. The van der Waals surface area contributed by atoms with Gasteiger partial charge in [0, 0.05) is 17.8 Å². The molecule has 0 saturated carbocycles. The number of hydrogen-bond donors (Lipinski definition) is 2. The summed E-state index contributed by atoms with van der Waals surface area (Å²) in [5.74, 6) is -0.614. The summed E-state index contributed by atoms with van der Waals surface area (Å²) < 4.78 is 0. The van der Waals surface area contributed by atoms with Crippen LogP contribution in [-0.4, -0.2) is 16.9 Å². The van der Waals surface area contributed by atoms with Crippen LogP contribution in [0.4, 0.5) is 11.4 Å². The highest BCUT2D eigenvalue weighted by Gasteiger charge is 2.20. The van der Waals surface area contributed by atoms with E-state index in [4.69, 9.17) is 17.3 Å². The lowest BCUT2D eigenvalue weighted by Crippen LogP contribution is -2.34. The maximum Gasteiger partial charge on any atom is 0.288 e. The maximum atomic E-state index is 11.9. The van der Waals surface area contributed by atoms with Gasteiger partial charge in [0.15, 0.2) is 0 Å². The van der Waals surface area contributed by atoms with Crippen LogP contribution < -0.4 is 11.1 Å². The van der Waals surface area contributed by atoms with Crippen LogP contribution in [0.2, 0.25) is 5.02 Å². The molecule has 0 aliphatic heterocycles. The highest BCUT2D eigenvalue weighted by Crippen LogP contribution is 2.30. The fourth-order valence-electron chi connectivity index (χ4n) is 1.43. The summed E-state index contributed by atoms with van der Waals surface area (Å²) in [4.78, 5) is 22.0. The van der Waals surface area contributed by atoms with E-state index >= 15 is 0 Å². The number of nitrogens with zero attached hydrogens (tertiary/aromatic N) is 1. The molecular weight excluding hydrogens is 270 g/mol. The van der Waals surface area contributed by atoms with Crippen molar-refractivity contribution in [3.8, 4) is 0 Å². The van der Waals surface area contributed by atoms with Crippen LogP contribution in [-0.2, 0) is 4.79 Å². The van der Waals surface area contributed by atoms with Crippen LogP contribution in [0.15, 0.2) is 12.1 Å². The lowest BCUT2D eigenvalue weighted by atomic mass is 10.0. The van der Waals surface area contributed by atoms with E-state index in [0.717, 1.165) is 0 Å². The highest BCUT2D eigenvalue weighted by molar-refractivity contribution is 6.33. The Labute approximate surface area is 116 Å². The predicted molar refractivity (Wildman–Crippen MR) is 74.3 cm³/mol. The number of anilines is 1. The van der Waals surface area contributed by atoms with E-state index in [-0.39, 0.29) is 28.6 Å². The van der Waals surface area contributed by atoms with Gasteiger partial charge in [-0.25, -0.2) is 0 Å². The minimum atomic E-state index is -0.564. The third-order valence-corrected chi connectivity index (χ3v) is 3.25. The number of carbonyl (C=O) groups is 1. The lowest BCUT2D eigenvalue weighted by molar-refractivity contribution is -0.384. The summed E-state index contributed by atoms with van der Waals surface area (Å²) in [5, 5.41) is 13.4. The summed E-state index contributed by atoms with van der Waals surface area (Å²) in [6.45, 7) is 5.11. The molecule has 0 saturated heterocycles. The van der Waals surface area contributed by atoms with Gasteiger partial charge < -0.3 is 11.1 Å². The fraction of sp³-hybridized carbons (Fsp3) is 0.417. The number of rotatable bonds is 4. The molecule has 2 unspecified atom stereocenters. The molecule has 2 atom stereocenters. The van der Waals surface area contributed by atoms with Crippen molar-refractivity contribution >= 4 is 28.9 Å². The minimum absolute atomic E-state index is 0.0145. The molecule has 1 rings (SSSR count). The molecule has 0 heterocycles. The molecule has 1 amide bonds. The number of halogens is 1. The molecule has 0 bridgehead atoms. The zero-order chi connectivity index (χ0) is 14.7. The van der Waals surface area contributed by atoms with E-state index < -0.39 is 4.92 Å². The van der Waals surface area contributed by atoms with E-state index in [1.165, 1.54) is 12.1 Å². The third kappa shape index (κ3) is 3.65. The normalized spacial score (nSPS) is 13.7. The maximum absolute atomic E-state index is 11.9. The molecule has 0 aromatic heterocycles. The minimum Gasteiger partial charge on any atom is -0.327 e. The zero-order valence-electron chi connectivity index (χ0n) is 10.9. The Hall–Kier alpha value is -1.66. The molecule has 1 aromatic rings. The standard InChI is InChI=1S/C12H16ClN3O3/c1-6-4-11(16(18)19)9(13)5-10(6)15-12(17)7(2)8(3)14/h4-5,7-8H,14H2,1-3H3,(H,15,17). The molecule has 1 aromatic carbocycles. The van der Waals surface area contributed by atoms with Crippen LogP contribution in [0.25, 0.3) is 0 Å². The topological polar surface area (TPSA) is 98.3 Å². The van der Waals surface area contributed by atoms with Crippen molar-refractivity contribution in [2.45, 2.75) is 26.8 Å². The Morgan fingerprint density at radius 2 is 2.05 bits per heavy atom. The predicted octanol–water partition coefficient (Wildman–Crippen LogP) is 2.48. The SMILES string of the molecule is Cc1cc([N+](=O)[O-])c(Cl)cc1NC(=O)C(C)C(C)N. The van der Waals surface area contributed by atoms with E-state index in [9.17, 15) is 14.9 Å². The molecule has 0 aliphatic carbocycles. The van der Waals surface area contributed by atoms with Gasteiger partial charge in [0.2, 0.25) is 5.91 Å². The quantitative estimate of drug-likeness (QED) is 0.656. The molecule has 6 nitrogen and oxygen atoms in total. The second-order valence-electron chi connectivity index (χ2n) is 4.51. The smallest absolute Gasteiger partial charge is 0.288 e. The Morgan fingerprint density at radius 1 is 1.47 bits per heavy atom. The van der Waals surface area contributed by atoms with E-state index in [0.29, 0.717) is 11.3 Å². The first-order valence-electron chi connectivity index (χ1n) is 5.75. The van der Waals surface area contributed by atoms with Crippen molar-refractivity contribution in [2.75, 3.05) is 5.32 Å². The van der Waals surface area contributed by atoms with E-state index in [1.807, 2.05) is 0 Å². The second kappa shape index (κ2) is 5.99.